The molecule has 0 aliphatic carbocycles. The summed E-state index contributed by atoms with van der Waals surface area (Å²) in [4.78, 5) is 30.7. The van der Waals surface area contributed by atoms with Gasteiger partial charge in [-0.15, -0.1) is 0 Å². The fourth-order valence-corrected chi connectivity index (χ4v) is 4.34. The molecule has 0 bridgehead atoms. The lowest BCUT2D eigenvalue weighted by Gasteiger charge is -2.26. The van der Waals surface area contributed by atoms with Gasteiger partial charge in [0.15, 0.2) is 17.5 Å². The summed E-state index contributed by atoms with van der Waals surface area (Å²) in [5.74, 6) is -0.915. The predicted molar refractivity (Wildman–Crippen MR) is 151 cm³/mol. The van der Waals surface area contributed by atoms with Gasteiger partial charge < -0.3 is 25.2 Å². The number of nitrogens with zero attached hydrogens (tertiary/aromatic N) is 5. The predicted octanol–water partition coefficient (Wildman–Crippen LogP) is 4.51. The monoisotopic (exact) mass is 553 g/mol. The number of carbonyl (C=O) groups is 1. The lowest BCUT2D eigenvalue weighted by atomic mass is 10.0. The molecule has 0 spiro atoms. The number of carbonyl (C=O) groups excluding carboxylic acids is 1. The number of benzene rings is 2. The Morgan fingerprint density at radius 3 is 2.73 bits per heavy atom. The molecule has 212 valence electrons. The Morgan fingerprint density at radius 1 is 1.20 bits per heavy atom. The standard InChI is InChI=1S/C28H33F2N7O3/c1-6-27(38)34-20-14-21(24(39-5)15-23(20)36(4)12-11-35(2)3)33-25-16-26(32-17-31-25)37-22(10-13-40-37)18-8-7-9-19(29)28(18)30/h6-9,14-17,22H,1,10-13H2,2-5H3,(H,34,38)(H,31,32,33)/t22-/m1/s1. The third-order valence-corrected chi connectivity index (χ3v) is 6.44. The summed E-state index contributed by atoms with van der Waals surface area (Å²) in [5.41, 5.74) is 2.02. The van der Waals surface area contributed by atoms with E-state index < -0.39 is 17.7 Å². The highest BCUT2D eigenvalue weighted by molar-refractivity contribution is 6.02. The second-order valence-electron chi connectivity index (χ2n) is 9.48. The number of ether oxygens (including phenoxy) is 1. The molecule has 2 N–H and O–H groups in total. The van der Waals surface area contributed by atoms with Gasteiger partial charge in [0.25, 0.3) is 0 Å². The fraction of sp³-hybridized carbons (Fsp3) is 0.321. The van der Waals surface area contributed by atoms with Crippen LogP contribution >= 0.6 is 0 Å². The van der Waals surface area contributed by atoms with E-state index in [4.69, 9.17) is 9.57 Å². The van der Waals surface area contributed by atoms with E-state index in [0.717, 1.165) is 18.3 Å². The van der Waals surface area contributed by atoms with Crippen LogP contribution in [0.2, 0.25) is 0 Å². The molecular formula is C28H33F2N7O3. The number of likely N-dealkylation sites (N-methyl/N-ethyl adjacent to an activating group) is 2. The van der Waals surface area contributed by atoms with Crippen LogP contribution in [0.5, 0.6) is 5.75 Å². The van der Waals surface area contributed by atoms with Gasteiger partial charge in [-0.1, -0.05) is 18.7 Å². The molecule has 1 fully saturated rings. The van der Waals surface area contributed by atoms with Crippen molar-refractivity contribution in [3.8, 4) is 5.75 Å². The van der Waals surface area contributed by atoms with Gasteiger partial charge in [0.05, 0.1) is 36.8 Å². The first kappa shape index (κ1) is 28.7. The minimum Gasteiger partial charge on any atom is -0.494 e. The van der Waals surface area contributed by atoms with Crippen LogP contribution < -0.4 is 25.3 Å². The van der Waals surface area contributed by atoms with Crippen LogP contribution in [0.1, 0.15) is 18.0 Å². The molecule has 0 radical (unpaired) electrons. The average molecular weight is 554 g/mol. The van der Waals surface area contributed by atoms with Crippen molar-refractivity contribution in [1.29, 1.82) is 0 Å². The highest BCUT2D eigenvalue weighted by Gasteiger charge is 2.32. The van der Waals surface area contributed by atoms with Crippen molar-refractivity contribution < 1.29 is 23.1 Å². The topological polar surface area (TPSA) is 95.1 Å². The Labute approximate surface area is 232 Å². The lowest BCUT2D eigenvalue weighted by Crippen LogP contribution is -2.29. The summed E-state index contributed by atoms with van der Waals surface area (Å²) < 4.78 is 34.1. The highest BCUT2D eigenvalue weighted by Crippen LogP contribution is 2.39. The summed E-state index contributed by atoms with van der Waals surface area (Å²) in [6.45, 7) is 5.37. The minimum atomic E-state index is -0.920. The molecule has 3 aromatic rings. The molecule has 1 saturated heterocycles. The zero-order chi connectivity index (χ0) is 28.8. The molecule has 2 aromatic carbocycles. The molecule has 1 atom stereocenters. The summed E-state index contributed by atoms with van der Waals surface area (Å²) >= 11 is 0. The number of halogens is 2. The van der Waals surface area contributed by atoms with E-state index in [-0.39, 0.29) is 11.5 Å². The SMILES string of the molecule is C=CC(=O)Nc1cc(Nc2cc(N3OCC[C@@H]3c3cccc(F)c3F)ncn2)c(OC)cc1N(C)CCN(C)C. The first-order valence-electron chi connectivity index (χ1n) is 12.7. The number of hydrogen-bond acceptors (Lipinski definition) is 9. The zero-order valence-electron chi connectivity index (χ0n) is 22.9. The van der Waals surface area contributed by atoms with Crippen LogP contribution in [0.4, 0.5) is 37.5 Å². The van der Waals surface area contributed by atoms with Crippen LogP contribution in [0.25, 0.3) is 0 Å². The van der Waals surface area contributed by atoms with Gasteiger partial charge in [0.1, 0.15) is 17.9 Å². The lowest BCUT2D eigenvalue weighted by molar-refractivity contribution is -0.111. The zero-order valence-corrected chi connectivity index (χ0v) is 22.9. The summed E-state index contributed by atoms with van der Waals surface area (Å²) in [7, 11) is 7.46. The Bertz CT molecular complexity index is 1370. The van der Waals surface area contributed by atoms with E-state index in [1.54, 1.807) is 19.2 Å². The second kappa shape index (κ2) is 12.7. The number of anilines is 5. The first-order chi connectivity index (χ1) is 19.2. The molecule has 0 saturated carbocycles. The van der Waals surface area contributed by atoms with Crippen molar-refractivity contribution in [2.45, 2.75) is 12.5 Å². The molecular weight excluding hydrogens is 520 g/mol. The largest absolute Gasteiger partial charge is 0.494 e. The van der Waals surface area contributed by atoms with Gasteiger partial charge in [-0.25, -0.2) is 23.8 Å². The Hall–Kier alpha value is -4.29. The Balaban J connectivity index is 1.65. The summed E-state index contributed by atoms with van der Waals surface area (Å²) in [6, 6.07) is 8.72. The van der Waals surface area contributed by atoms with Gasteiger partial charge in [-0.05, 0) is 32.3 Å². The van der Waals surface area contributed by atoms with Crippen molar-refractivity contribution in [1.82, 2.24) is 14.9 Å². The fourth-order valence-electron chi connectivity index (χ4n) is 4.34. The molecule has 10 nitrogen and oxygen atoms in total. The normalized spacial score (nSPS) is 14.8. The summed E-state index contributed by atoms with van der Waals surface area (Å²) in [5, 5.41) is 7.53. The van der Waals surface area contributed by atoms with E-state index in [1.807, 2.05) is 32.1 Å². The van der Waals surface area contributed by atoms with Crippen LogP contribution in [-0.4, -0.2) is 68.7 Å². The highest BCUT2D eigenvalue weighted by atomic mass is 19.2. The third kappa shape index (κ3) is 6.46. The van der Waals surface area contributed by atoms with E-state index >= 15 is 0 Å². The number of rotatable bonds is 11. The molecule has 4 rings (SSSR count). The number of aromatic nitrogens is 2. The molecule has 1 aliphatic rings. The number of nitrogens with one attached hydrogen (secondary N) is 2. The maximum absolute atomic E-state index is 14.6. The molecule has 2 heterocycles. The smallest absolute Gasteiger partial charge is 0.247 e. The maximum Gasteiger partial charge on any atom is 0.247 e. The number of hydroxylamine groups is 1. The van der Waals surface area contributed by atoms with E-state index in [2.05, 4.69) is 32.1 Å². The molecule has 1 aromatic heterocycles. The average Bonchev–Trinajstić information content (AvgIpc) is 3.43. The van der Waals surface area contributed by atoms with Crippen molar-refractivity contribution >= 4 is 34.6 Å². The number of hydrogen-bond donors (Lipinski definition) is 2. The van der Waals surface area contributed by atoms with Crippen molar-refractivity contribution in [2.24, 2.45) is 0 Å². The van der Waals surface area contributed by atoms with Gasteiger partial charge >= 0.3 is 0 Å². The number of methoxy groups -OCH3 is 1. The van der Waals surface area contributed by atoms with Crippen molar-refractivity contribution in [3.05, 3.63) is 72.6 Å². The van der Waals surface area contributed by atoms with Gasteiger partial charge in [0.2, 0.25) is 5.91 Å². The molecule has 1 aliphatic heterocycles. The molecule has 40 heavy (non-hydrogen) atoms. The van der Waals surface area contributed by atoms with E-state index in [9.17, 15) is 13.6 Å². The number of amides is 1. The minimum absolute atomic E-state index is 0.184. The molecule has 0 unspecified atom stereocenters. The van der Waals surface area contributed by atoms with Crippen LogP contribution in [0.15, 0.2) is 55.4 Å². The summed E-state index contributed by atoms with van der Waals surface area (Å²) in [6.07, 6.45) is 3.00. The van der Waals surface area contributed by atoms with Gasteiger partial charge in [-0.3, -0.25) is 9.63 Å². The molecule has 12 heteroatoms. The van der Waals surface area contributed by atoms with E-state index in [0.29, 0.717) is 48.3 Å². The quantitative estimate of drug-likeness (QED) is 0.333. The third-order valence-electron chi connectivity index (χ3n) is 6.44. The van der Waals surface area contributed by atoms with Crippen LogP contribution in [0.3, 0.4) is 0 Å². The Morgan fingerprint density at radius 2 is 2.00 bits per heavy atom. The van der Waals surface area contributed by atoms with Crippen LogP contribution in [0, 0.1) is 11.6 Å². The molecule has 1 amide bonds. The van der Waals surface area contributed by atoms with E-state index in [1.165, 1.54) is 29.6 Å². The Kier molecular flexibility index (Phi) is 9.12. The van der Waals surface area contributed by atoms with Crippen molar-refractivity contribution in [3.63, 3.8) is 0 Å². The maximum atomic E-state index is 14.6. The van der Waals surface area contributed by atoms with Gasteiger partial charge in [0, 0.05) is 44.3 Å². The van der Waals surface area contributed by atoms with Crippen molar-refractivity contribution in [2.75, 3.05) is 68.5 Å². The van der Waals surface area contributed by atoms with Crippen LogP contribution in [-0.2, 0) is 9.63 Å². The first-order valence-corrected chi connectivity index (χ1v) is 12.7. The second-order valence-corrected chi connectivity index (χ2v) is 9.48. The van der Waals surface area contributed by atoms with Gasteiger partial charge in [-0.2, -0.15) is 0 Å².